The number of hydrogen-bond donors (Lipinski definition) is 1. The minimum atomic E-state index is 0.433. The van der Waals surface area contributed by atoms with Gasteiger partial charge in [-0.15, -0.1) is 0 Å². The molecule has 0 bridgehead atoms. The lowest BCUT2D eigenvalue weighted by Crippen LogP contribution is -2.54. The Hall–Kier alpha value is -1.86. The van der Waals surface area contributed by atoms with Crippen molar-refractivity contribution in [2.24, 2.45) is 0 Å². The number of rotatable bonds is 6. The summed E-state index contributed by atoms with van der Waals surface area (Å²) < 4.78 is 0. The number of nitrogens with zero attached hydrogens (tertiary/aromatic N) is 2. The molecule has 0 saturated carbocycles. The number of anilines is 1. The molecule has 4 heteroatoms. The fourth-order valence-electron chi connectivity index (χ4n) is 2.31. The summed E-state index contributed by atoms with van der Waals surface area (Å²) >= 11 is 0. The minimum absolute atomic E-state index is 0.433. The van der Waals surface area contributed by atoms with Crippen molar-refractivity contribution >= 4 is 12.0 Å². The molecule has 1 aliphatic heterocycles. The fourth-order valence-corrected chi connectivity index (χ4v) is 2.31. The first kappa shape index (κ1) is 13.6. The fraction of sp³-hybridized carbons (Fsp3) is 0.467. The van der Waals surface area contributed by atoms with Crippen LogP contribution in [0.3, 0.4) is 0 Å². The molecule has 0 aromatic heterocycles. The number of carbonyl (C=O) groups excluding carboxylic acids is 1. The van der Waals surface area contributed by atoms with Gasteiger partial charge in [0, 0.05) is 24.3 Å². The number of nitrogens with one attached hydrogen (secondary N) is 1. The highest BCUT2D eigenvalue weighted by Gasteiger charge is 2.25. The van der Waals surface area contributed by atoms with Gasteiger partial charge in [-0.05, 0) is 31.2 Å². The van der Waals surface area contributed by atoms with Crippen LogP contribution in [0.1, 0.15) is 35.7 Å². The van der Waals surface area contributed by atoms with Crippen LogP contribution in [0.2, 0.25) is 0 Å². The second-order valence-electron chi connectivity index (χ2n) is 4.99. The number of aldehydes is 1. The summed E-state index contributed by atoms with van der Waals surface area (Å²) in [4.78, 5) is 13.2. The van der Waals surface area contributed by atoms with Crippen molar-refractivity contribution in [3.05, 3.63) is 29.3 Å². The number of nitriles is 1. The quantitative estimate of drug-likeness (QED) is 0.794. The highest BCUT2D eigenvalue weighted by atomic mass is 16.1. The maximum absolute atomic E-state index is 10.8. The van der Waals surface area contributed by atoms with Crippen molar-refractivity contribution in [1.29, 1.82) is 5.26 Å². The van der Waals surface area contributed by atoms with Gasteiger partial charge in [-0.25, -0.2) is 0 Å². The van der Waals surface area contributed by atoms with Crippen LogP contribution >= 0.6 is 0 Å². The molecule has 1 heterocycles. The van der Waals surface area contributed by atoms with E-state index in [4.69, 9.17) is 5.26 Å². The molecule has 0 atom stereocenters. The molecule has 0 aliphatic carbocycles. The topological polar surface area (TPSA) is 56.1 Å². The molecule has 1 aliphatic rings. The molecular formula is C15H19N3O. The number of carbonyl (C=O) groups is 1. The van der Waals surface area contributed by atoms with Crippen LogP contribution < -0.4 is 5.32 Å². The van der Waals surface area contributed by atoms with E-state index in [2.05, 4.69) is 23.2 Å². The minimum Gasteiger partial charge on any atom is -0.380 e. The Labute approximate surface area is 114 Å². The molecule has 1 fully saturated rings. The number of hydrogen-bond acceptors (Lipinski definition) is 4. The largest absolute Gasteiger partial charge is 0.380 e. The van der Waals surface area contributed by atoms with Gasteiger partial charge in [0.25, 0.3) is 0 Å². The van der Waals surface area contributed by atoms with Crippen LogP contribution in [0, 0.1) is 11.3 Å². The maximum Gasteiger partial charge on any atom is 0.151 e. The van der Waals surface area contributed by atoms with Crippen molar-refractivity contribution in [3.8, 4) is 6.07 Å². The zero-order valence-electron chi connectivity index (χ0n) is 11.2. The average Bonchev–Trinajstić information content (AvgIpc) is 2.40. The summed E-state index contributed by atoms with van der Waals surface area (Å²) in [6.45, 7) is 5.48. The predicted octanol–water partition coefficient (Wildman–Crippen LogP) is 2.27. The van der Waals surface area contributed by atoms with Gasteiger partial charge in [0.1, 0.15) is 0 Å². The Balaban J connectivity index is 1.88. The Morgan fingerprint density at radius 3 is 2.95 bits per heavy atom. The second kappa shape index (κ2) is 6.35. The highest BCUT2D eigenvalue weighted by Crippen LogP contribution is 2.18. The van der Waals surface area contributed by atoms with E-state index >= 15 is 0 Å². The molecule has 4 nitrogen and oxygen atoms in total. The highest BCUT2D eigenvalue weighted by molar-refractivity contribution is 5.80. The van der Waals surface area contributed by atoms with Gasteiger partial charge in [0.15, 0.2) is 6.29 Å². The number of unbranched alkanes of at least 4 members (excludes halogenated alkanes) is 1. The van der Waals surface area contributed by atoms with E-state index in [1.165, 1.54) is 19.4 Å². The van der Waals surface area contributed by atoms with Crippen molar-refractivity contribution in [2.75, 3.05) is 25.0 Å². The van der Waals surface area contributed by atoms with Crippen LogP contribution in [0.4, 0.5) is 5.69 Å². The van der Waals surface area contributed by atoms with Gasteiger partial charge in [-0.1, -0.05) is 13.3 Å². The first-order valence-electron chi connectivity index (χ1n) is 6.75. The third-order valence-electron chi connectivity index (χ3n) is 3.46. The standard InChI is InChI=1S/C15H19N3O/c1-2-3-6-18-9-15(10-18)17-14-5-4-12(11-19)13(7-14)8-16/h4-5,7,11,15,17H,2-3,6,9-10H2,1H3. The Kier molecular flexibility index (Phi) is 4.53. The molecule has 0 spiro atoms. The van der Waals surface area contributed by atoms with E-state index in [0.717, 1.165) is 25.1 Å². The molecule has 0 radical (unpaired) electrons. The van der Waals surface area contributed by atoms with Crippen LogP contribution in [-0.2, 0) is 0 Å². The van der Waals surface area contributed by atoms with Gasteiger partial charge < -0.3 is 5.32 Å². The third-order valence-corrected chi connectivity index (χ3v) is 3.46. The Morgan fingerprint density at radius 2 is 2.32 bits per heavy atom. The van der Waals surface area contributed by atoms with Crippen LogP contribution in [0.15, 0.2) is 18.2 Å². The van der Waals surface area contributed by atoms with Crippen molar-refractivity contribution < 1.29 is 4.79 Å². The molecule has 19 heavy (non-hydrogen) atoms. The summed E-state index contributed by atoms with van der Waals surface area (Å²) in [6.07, 6.45) is 3.20. The lowest BCUT2D eigenvalue weighted by Gasteiger charge is -2.40. The molecule has 0 unspecified atom stereocenters. The number of likely N-dealkylation sites (tertiary alicyclic amines) is 1. The Bertz CT molecular complexity index is 487. The first-order valence-corrected chi connectivity index (χ1v) is 6.75. The normalized spacial score (nSPS) is 15.6. The molecule has 0 amide bonds. The van der Waals surface area contributed by atoms with Gasteiger partial charge >= 0.3 is 0 Å². The summed E-state index contributed by atoms with van der Waals surface area (Å²) in [7, 11) is 0. The van der Waals surface area contributed by atoms with Crippen LogP contribution in [0.25, 0.3) is 0 Å². The molecular weight excluding hydrogens is 238 g/mol. The molecule has 1 saturated heterocycles. The summed E-state index contributed by atoms with van der Waals surface area (Å²) in [5, 5.41) is 12.4. The van der Waals surface area contributed by atoms with E-state index < -0.39 is 0 Å². The smallest absolute Gasteiger partial charge is 0.151 e. The van der Waals surface area contributed by atoms with Gasteiger partial charge in [-0.2, -0.15) is 5.26 Å². The zero-order chi connectivity index (χ0) is 13.7. The maximum atomic E-state index is 10.8. The monoisotopic (exact) mass is 257 g/mol. The summed E-state index contributed by atoms with van der Waals surface area (Å²) in [5.74, 6) is 0. The zero-order valence-corrected chi connectivity index (χ0v) is 11.2. The van der Waals surface area contributed by atoms with Gasteiger partial charge in [0.2, 0.25) is 0 Å². The first-order chi connectivity index (χ1) is 9.26. The Morgan fingerprint density at radius 1 is 1.53 bits per heavy atom. The van der Waals surface area contributed by atoms with Crippen LogP contribution in [0.5, 0.6) is 0 Å². The SMILES string of the molecule is CCCCN1CC(Nc2ccc(C=O)c(C#N)c2)C1. The van der Waals surface area contributed by atoms with E-state index in [0.29, 0.717) is 17.2 Å². The van der Waals surface area contributed by atoms with E-state index in [9.17, 15) is 4.79 Å². The predicted molar refractivity (Wildman–Crippen MR) is 75.3 cm³/mol. The summed E-state index contributed by atoms with van der Waals surface area (Å²) in [5.41, 5.74) is 1.80. The molecule has 2 rings (SSSR count). The molecule has 1 aromatic carbocycles. The van der Waals surface area contributed by atoms with Gasteiger partial charge in [-0.3, -0.25) is 9.69 Å². The van der Waals surface area contributed by atoms with E-state index in [-0.39, 0.29) is 0 Å². The van der Waals surface area contributed by atoms with E-state index in [1.807, 2.05) is 6.07 Å². The van der Waals surface area contributed by atoms with E-state index in [1.54, 1.807) is 12.1 Å². The summed E-state index contributed by atoms with van der Waals surface area (Å²) in [6, 6.07) is 7.81. The van der Waals surface area contributed by atoms with Crippen molar-refractivity contribution in [3.63, 3.8) is 0 Å². The molecule has 1 N–H and O–H groups in total. The lowest BCUT2D eigenvalue weighted by molar-refractivity contribution is 0.112. The van der Waals surface area contributed by atoms with Gasteiger partial charge in [0.05, 0.1) is 17.7 Å². The molecule has 100 valence electrons. The number of benzene rings is 1. The second-order valence-corrected chi connectivity index (χ2v) is 4.99. The molecule has 1 aromatic rings. The van der Waals surface area contributed by atoms with Crippen molar-refractivity contribution in [2.45, 2.75) is 25.8 Å². The average molecular weight is 257 g/mol. The van der Waals surface area contributed by atoms with Crippen molar-refractivity contribution in [1.82, 2.24) is 4.90 Å². The lowest BCUT2D eigenvalue weighted by atomic mass is 10.1. The van der Waals surface area contributed by atoms with Crippen LogP contribution in [-0.4, -0.2) is 36.9 Å². The third kappa shape index (κ3) is 3.33.